The number of rotatable bonds is 6. The fourth-order valence-corrected chi connectivity index (χ4v) is 1.65. The largest absolute Gasteiger partial charge is 0.480 e. The maximum Gasteiger partial charge on any atom is 0.320 e. The molecule has 92 valence electrons. The molecule has 0 unspecified atom stereocenters. The molecule has 1 fully saturated rings. The fourth-order valence-electron chi connectivity index (χ4n) is 1.65. The highest BCUT2D eigenvalue weighted by Crippen LogP contribution is 2.05. The molecule has 1 aliphatic rings. The SMILES string of the molecule is N[C@@H](CCC(=O)NC[C@H]1CCNC1)C(=O)O. The molecule has 16 heavy (non-hydrogen) atoms. The molecule has 1 saturated heterocycles. The summed E-state index contributed by atoms with van der Waals surface area (Å²) in [5, 5.41) is 14.5. The Hall–Kier alpha value is -1.14. The number of carbonyl (C=O) groups excluding carboxylic acids is 1. The van der Waals surface area contributed by atoms with Crippen molar-refractivity contribution in [1.29, 1.82) is 0 Å². The second-order valence-electron chi connectivity index (χ2n) is 4.15. The minimum absolute atomic E-state index is 0.122. The molecule has 2 atom stereocenters. The van der Waals surface area contributed by atoms with E-state index in [-0.39, 0.29) is 18.7 Å². The molecular formula is C10H19N3O3. The van der Waals surface area contributed by atoms with E-state index in [0.717, 1.165) is 19.5 Å². The maximum atomic E-state index is 11.3. The van der Waals surface area contributed by atoms with Crippen molar-refractivity contribution >= 4 is 11.9 Å². The molecule has 0 aliphatic carbocycles. The summed E-state index contributed by atoms with van der Waals surface area (Å²) in [6, 6.07) is -0.945. The van der Waals surface area contributed by atoms with Crippen molar-refractivity contribution < 1.29 is 14.7 Å². The van der Waals surface area contributed by atoms with Crippen LogP contribution in [0.4, 0.5) is 0 Å². The molecule has 1 aliphatic heterocycles. The Labute approximate surface area is 94.6 Å². The van der Waals surface area contributed by atoms with Gasteiger partial charge in [0.15, 0.2) is 0 Å². The van der Waals surface area contributed by atoms with E-state index in [0.29, 0.717) is 12.5 Å². The van der Waals surface area contributed by atoms with Crippen LogP contribution in [0.3, 0.4) is 0 Å². The zero-order chi connectivity index (χ0) is 12.0. The fraction of sp³-hybridized carbons (Fsp3) is 0.800. The monoisotopic (exact) mass is 229 g/mol. The number of carboxylic acids is 1. The lowest BCUT2D eigenvalue weighted by Gasteiger charge is -2.10. The van der Waals surface area contributed by atoms with Crippen LogP contribution in [-0.2, 0) is 9.59 Å². The van der Waals surface area contributed by atoms with Gasteiger partial charge in [0, 0.05) is 13.0 Å². The predicted octanol–water partition coefficient (Wildman–Crippen LogP) is -1.10. The summed E-state index contributed by atoms with van der Waals surface area (Å²) in [5.74, 6) is -0.687. The first-order valence-electron chi connectivity index (χ1n) is 5.55. The number of hydrogen-bond acceptors (Lipinski definition) is 4. The molecule has 0 aromatic rings. The van der Waals surface area contributed by atoms with Crippen LogP contribution in [0.25, 0.3) is 0 Å². The molecular weight excluding hydrogens is 210 g/mol. The van der Waals surface area contributed by atoms with Gasteiger partial charge in [-0.1, -0.05) is 0 Å². The van der Waals surface area contributed by atoms with Crippen LogP contribution in [-0.4, -0.2) is 42.7 Å². The Morgan fingerprint density at radius 2 is 2.31 bits per heavy atom. The lowest BCUT2D eigenvalue weighted by atomic mass is 10.1. The van der Waals surface area contributed by atoms with E-state index in [1.54, 1.807) is 0 Å². The predicted molar refractivity (Wildman–Crippen MR) is 58.8 cm³/mol. The number of carboxylic acid groups (broad SMARTS) is 1. The van der Waals surface area contributed by atoms with Gasteiger partial charge in [0.05, 0.1) is 0 Å². The second-order valence-corrected chi connectivity index (χ2v) is 4.15. The highest BCUT2D eigenvalue weighted by Gasteiger charge is 2.16. The van der Waals surface area contributed by atoms with Gasteiger partial charge in [-0.3, -0.25) is 9.59 Å². The summed E-state index contributed by atoms with van der Waals surface area (Å²) < 4.78 is 0. The van der Waals surface area contributed by atoms with E-state index in [1.165, 1.54) is 0 Å². The summed E-state index contributed by atoms with van der Waals surface area (Å²) in [5.41, 5.74) is 5.29. The highest BCUT2D eigenvalue weighted by atomic mass is 16.4. The van der Waals surface area contributed by atoms with E-state index in [9.17, 15) is 9.59 Å². The first-order chi connectivity index (χ1) is 7.59. The molecule has 6 heteroatoms. The van der Waals surface area contributed by atoms with Gasteiger partial charge >= 0.3 is 5.97 Å². The third-order valence-electron chi connectivity index (χ3n) is 2.75. The zero-order valence-electron chi connectivity index (χ0n) is 9.24. The second kappa shape index (κ2) is 6.44. The molecule has 0 radical (unpaired) electrons. The summed E-state index contributed by atoms with van der Waals surface area (Å²) in [7, 11) is 0. The number of carbonyl (C=O) groups is 2. The van der Waals surface area contributed by atoms with Crippen molar-refractivity contribution in [2.75, 3.05) is 19.6 Å². The van der Waals surface area contributed by atoms with Crippen LogP contribution in [0.2, 0.25) is 0 Å². The third kappa shape index (κ3) is 4.59. The van der Waals surface area contributed by atoms with E-state index in [2.05, 4.69) is 10.6 Å². The van der Waals surface area contributed by atoms with Gasteiger partial charge in [0.1, 0.15) is 6.04 Å². The molecule has 0 aromatic carbocycles. The van der Waals surface area contributed by atoms with E-state index in [1.807, 2.05) is 0 Å². The number of nitrogens with one attached hydrogen (secondary N) is 2. The van der Waals surface area contributed by atoms with Gasteiger partial charge in [0.2, 0.25) is 5.91 Å². The quantitative estimate of drug-likeness (QED) is 0.463. The Morgan fingerprint density at radius 3 is 2.88 bits per heavy atom. The lowest BCUT2D eigenvalue weighted by Crippen LogP contribution is -2.34. The number of amides is 1. The van der Waals surface area contributed by atoms with Crippen molar-refractivity contribution in [3.63, 3.8) is 0 Å². The smallest absolute Gasteiger partial charge is 0.320 e. The molecule has 1 heterocycles. The van der Waals surface area contributed by atoms with Crippen molar-refractivity contribution in [1.82, 2.24) is 10.6 Å². The van der Waals surface area contributed by atoms with E-state index < -0.39 is 12.0 Å². The zero-order valence-corrected chi connectivity index (χ0v) is 9.24. The summed E-state index contributed by atoms with van der Waals surface area (Å²) >= 11 is 0. The van der Waals surface area contributed by atoms with Gasteiger partial charge in [-0.2, -0.15) is 0 Å². The summed E-state index contributed by atoms with van der Waals surface area (Å²) in [4.78, 5) is 21.8. The van der Waals surface area contributed by atoms with Gasteiger partial charge in [-0.05, 0) is 31.8 Å². The van der Waals surface area contributed by atoms with Gasteiger partial charge < -0.3 is 21.5 Å². The van der Waals surface area contributed by atoms with Crippen LogP contribution < -0.4 is 16.4 Å². The summed E-state index contributed by atoms with van der Waals surface area (Å²) in [6.45, 7) is 2.60. The van der Waals surface area contributed by atoms with Gasteiger partial charge in [0.25, 0.3) is 0 Å². The molecule has 5 N–H and O–H groups in total. The molecule has 0 bridgehead atoms. The van der Waals surface area contributed by atoms with Crippen LogP contribution in [0, 0.1) is 5.92 Å². The normalized spacial score (nSPS) is 21.7. The minimum Gasteiger partial charge on any atom is -0.480 e. The van der Waals surface area contributed by atoms with E-state index >= 15 is 0 Å². The summed E-state index contributed by atoms with van der Waals surface area (Å²) in [6.07, 6.45) is 1.44. The van der Waals surface area contributed by atoms with Crippen LogP contribution >= 0.6 is 0 Å². The number of nitrogens with two attached hydrogens (primary N) is 1. The minimum atomic E-state index is -1.06. The highest BCUT2D eigenvalue weighted by molar-refractivity contribution is 5.78. The molecule has 6 nitrogen and oxygen atoms in total. The third-order valence-corrected chi connectivity index (χ3v) is 2.75. The first-order valence-corrected chi connectivity index (χ1v) is 5.55. The topological polar surface area (TPSA) is 104 Å². The van der Waals surface area contributed by atoms with Crippen molar-refractivity contribution in [2.45, 2.75) is 25.3 Å². The van der Waals surface area contributed by atoms with Crippen LogP contribution in [0.15, 0.2) is 0 Å². The van der Waals surface area contributed by atoms with Crippen LogP contribution in [0.5, 0.6) is 0 Å². The Morgan fingerprint density at radius 1 is 1.56 bits per heavy atom. The Kier molecular flexibility index (Phi) is 5.21. The molecule has 0 saturated carbocycles. The lowest BCUT2D eigenvalue weighted by molar-refractivity contribution is -0.138. The molecule has 1 rings (SSSR count). The molecule has 0 aromatic heterocycles. The average molecular weight is 229 g/mol. The van der Waals surface area contributed by atoms with Crippen LogP contribution in [0.1, 0.15) is 19.3 Å². The standard InChI is InChI=1S/C10H19N3O3/c11-8(10(15)16)1-2-9(14)13-6-7-3-4-12-5-7/h7-8,12H,1-6,11H2,(H,13,14)(H,15,16)/t7-,8-/m0/s1. The van der Waals surface area contributed by atoms with Crippen molar-refractivity contribution in [2.24, 2.45) is 11.7 Å². The van der Waals surface area contributed by atoms with Gasteiger partial charge in [-0.25, -0.2) is 0 Å². The molecule has 1 amide bonds. The maximum absolute atomic E-state index is 11.3. The Bertz CT molecular complexity index is 252. The average Bonchev–Trinajstić information content (AvgIpc) is 2.75. The Balaban J connectivity index is 2.08. The number of aliphatic carboxylic acids is 1. The van der Waals surface area contributed by atoms with E-state index in [4.69, 9.17) is 10.8 Å². The molecule has 0 spiro atoms. The van der Waals surface area contributed by atoms with Crippen molar-refractivity contribution in [3.8, 4) is 0 Å². The van der Waals surface area contributed by atoms with Gasteiger partial charge in [-0.15, -0.1) is 0 Å². The van der Waals surface area contributed by atoms with Crippen molar-refractivity contribution in [3.05, 3.63) is 0 Å². The number of hydrogen-bond donors (Lipinski definition) is 4. The first kappa shape index (κ1) is 12.9.